The summed E-state index contributed by atoms with van der Waals surface area (Å²) in [4.78, 5) is 13.7. The Morgan fingerprint density at radius 2 is 2.00 bits per heavy atom. The highest BCUT2D eigenvalue weighted by Gasteiger charge is 2.38. The van der Waals surface area contributed by atoms with E-state index in [-0.39, 0.29) is 6.07 Å². The summed E-state index contributed by atoms with van der Waals surface area (Å²) in [5.74, 6) is -2.50. The number of hydrogen-bond acceptors (Lipinski definition) is 2. The molecule has 0 amide bonds. The van der Waals surface area contributed by atoms with Crippen LogP contribution in [0.5, 0.6) is 0 Å². The number of halogens is 6. The molecule has 9 heteroatoms. The van der Waals surface area contributed by atoms with Gasteiger partial charge < -0.3 is 5.11 Å². The molecule has 0 aliphatic heterocycles. The van der Waals surface area contributed by atoms with Crippen LogP contribution in [-0.4, -0.2) is 16.1 Å². The summed E-state index contributed by atoms with van der Waals surface area (Å²) in [6.07, 6.45) is -8.56. The highest BCUT2D eigenvalue weighted by Crippen LogP contribution is 2.38. The van der Waals surface area contributed by atoms with Gasteiger partial charge in [-0.1, -0.05) is 0 Å². The lowest BCUT2D eigenvalue weighted by Gasteiger charge is -2.15. The molecule has 0 fully saturated rings. The average molecular weight is 290 g/mol. The molecule has 1 heterocycles. The molecule has 0 aliphatic carbocycles. The summed E-state index contributed by atoms with van der Waals surface area (Å²) in [6.45, 7) is 0. The summed E-state index contributed by atoms with van der Waals surface area (Å²) in [7, 11) is 0. The Kier molecular flexibility index (Phi) is 4.10. The number of alkyl halides is 6. The molecule has 0 spiro atoms. The van der Waals surface area contributed by atoms with Crippen molar-refractivity contribution >= 4 is 17.6 Å². The molecule has 0 aromatic carbocycles. The third-order valence-electron chi connectivity index (χ3n) is 2.01. The van der Waals surface area contributed by atoms with Crippen molar-refractivity contribution in [1.29, 1.82) is 0 Å². The smallest absolute Gasteiger partial charge is 0.417 e. The van der Waals surface area contributed by atoms with Crippen LogP contribution in [0.3, 0.4) is 0 Å². The third kappa shape index (κ3) is 2.87. The zero-order valence-electron chi connectivity index (χ0n) is 8.43. The number of aromatic nitrogens is 1. The fourth-order valence-corrected chi connectivity index (χ4v) is 1.50. The second-order valence-electron chi connectivity index (χ2n) is 3.15. The first-order valence-electron chi connectivity index (χ1n) is 4.37. The van der Waals surface area contributed by atoms with E-state index in [0.717, 1.165) is 0 Å². The molecule has 0 saturated heterocycles. The van der Waals surface area contributed by atoms with E-state index in [2.05, 4.69) is 4.98 Å². The number of rotatable bonds is 3. The largest absolute Gasteiger partial charge is 0.477 e. The van der Waals surface area contributed by atoms with Crippen molar-refractivity contribution in [2.24, 2.45) is 0 Å². The van der Waals surface area contributed by atoms with E-state index in [1.807, 2.05) is 0 Å². The zero-order valence-corrected chi connectivity index (χ0v) is 9.19. The number of carboxylic acid groups (broad SMARTS) is 1. The van der Waals surface area contributed by atoms with Gasteiger partial charge in [0.1, 0.15) is 5.69 Å². The van der Waals surface area contributed by atoms with Crippen molar-refractivity contribution in [2.45, 2.75) is 18.5 Å². The van der Waals surface area contributed by atoms with Crippen LogP contribution in [-0.2, 0) is 12.1 Å². The molecule has 0 atom stereocenters. The maximum absolute atomic E-state index is 12.6. The highest BCUT2D eigenvalue weighted by molar-refractivity contribution is 6.17. The van der Waals surface area contributed by atoms with Gasteiger partial charge >= 0.3 is 12.1 Å². The molecule has 0 unspecified atom stereocenters. The fraction of sp³-hybridized carbons (Fsp3) is 0.333. The minimum absolute atomic E-state index is 0.0693. The number of hydrogen-bond donors (Lipinski definition) is 1. The normalized spacial score (nSPS) is 11.9. The standard InChI is InChI=1S/C9H5ClF5NO2/c10-2-5-6(7(11)12)3(9(13,14)15)1-4(16-5)8(17)18/h1,7H,2H2,(H,17,18). The Bertz CT molecular complexity index is 475. The number of pyridine rings is 1. The van der Waals surface area contributed by atoms with Crippen molar-refractivity contribution in [1.82, 2.24) is 4.98 Å². The van der Waals surface area contributed by atoms with E-state index in [1.54, 1.807) is 0 Å². The van der Waals surface area contributed by atoms with Gasteiger partial charge in [0.05, 0.1) is 22.7 Å². The van der Waals surface area contributed by atoms with E-state index in [1.165, 1.54) is 0 Å². The van der Waals surface area contributed by atoms with Gasteiger partial charge in [0.15, 0.2) is 0 Å². The van der Waals surface area contributed by atoms with Crippen molar-refractivity contribution in [3.05, 3.63) is 28.6 Å². The van der Waals surface area contributed by atoms with E-state index < -0.39 is 47.0 Å². The van der Waals surface area contributed by atoms with Crippen LogP contribution in [0.2, 0.25) is 0 Å². The molecule has 100 valence electrons. The Balaban J connectivity index is 3.62. The first kappa shape index (κ1) is 14.6. The second kappa shape index (κ2) is 5.05. The van der Waals surface area contributed by atoms with Crippen molar-refractivity contribution in [3.8, 4) is 0 Å². The van der Waals surface area contributed by atoms with Gasteiger partial charge in [-0.25, -0.2) is 18.6 Å². The predicted octanol–water partition coefficient (Wildman–Crippen LogP) is 3.48. The number of carboxylic acids is 1. The van der Waals surface area contributed by atoms with Gasteiger partial charge in [-0.05, 0) is 6.07 Å². The Hall–Kier alpha value is -1.44. The van der Waals surface area contributed by atoms with Crippen LogP contribution in [0.25, 0.3) is 0 Å². The minimum Gasteiger partial charge on any atom is -0.477 e. The van der Waals surface area contributed by atoms with Crippen LogP contribution in [0.1, 0.15) is 33.7 Å². The van der Waals surface area contributed by atoms with Crippen molar-refractivity contribution < 1.29 is 31.9 Å². The van der Waals surface area contributed by atoms with Crippen molar-refractivity contribution in [3.63, 3.8) is 0 Å². The SMILES string of the molecule is O=C(O)c1cc(C(F)(F)F)c(C(F)F)c(CCl)n1. The predicted molar refractivity (Wildman–Crippen MR) is 50.7 cm³/mol. The molecule has 0 saturated carbocycles. The number of aromatic carboxylic acids is 1. The Morgan fingerprint density at radius 3 is 2.33 bits per heavy atom. The van der Waals surface area contributed by atoms with Gasteiger partial charge in [-0.15, -0.1) is 11.6 Å². The molecule has 1 aromatic rings. The maximum Gasteiger partial charge on any atom is 0.417 e. The summed E-state index contributed by atoms with van der Waals surface area (Å²) in [6, 6.07) is 0.0693. The summed E-state index contributed by atoms with van der Waals surface area (Å²) in [5.41, 5.74) is -4.90. The first-order chi connectivity index (χ1) is 8.18. The van der Waals surface area contributed by atoms with Crippen LogP contribution in [0.15, 0.2) is 6.07 Å². The molecule has 0 aliphatic rings. The molecule has 0 radical (unpaired) electrons. The first-order valence-corrected chi connectivity index (χ1v) is 4.90. The number of carbonyl (C=O) groups is 1. The van der Waals surface area contributed by atoms with Crippen LogP contribution in [0.4, 0.5) is 22.0 Å². The second-order valence-corrected chi connectivity index (χ2v) is 3.42. The van der Waals surface area contributed by atoms with Gasteiger partial charge in [-0.3, -0.25) is 0 Å². The van der Waals surface area contributed by atoms with E-state index in [0.29, 0.717) is 0 Å². The molecular formula is C9H5ClF5NO2. The lowest BCUT2D eigenvalue weighted by Crippen LogP contribution is -2.16. The summed E-state index contributed by atoms with van der Waals surface area (Å²) >= 11 is 5.22. The van der Waals surface area contributed by atoms with Crippen LogP contribution >= 0.6 is 11.6 Å². The zero-order chi connectivity index (χ0) is 14.1. The van der Waals surface area contributed by atoms with Gasteiger partial charge in [0.2, 0.25) is 0 Å². The topological polar surface area (TPSA) is 50.2 Å². The summed E-state index contributed by atoms with van der Waals surface area (Å²) < 4.78 is 62.9. The van der Waals surface area contributed by atoms with Crippen molar-refractivity contribution in [2.75, 3.05) is 0 Å². The highest BCUT2D eigenvalue weighted by atomic mass is 35.5. The quantitative estimate of drug-likeness (QED) is 0.684. The average Bonchev–Trinajstić information content (AvgIpc) is 2.25. The molecule has 0 bridgehead atoms. The van der Waals surface area contributed by atoms with Crippen LogP contribution in [0, 0.1) is 0 Å². The molecule has 3 nitrogen and oxygen atoms in total. The third-order valence-corrected chi connectivity index (χ3v) is 2.26. The molecule has 1 rings (SSSR count). The fourth-order valence-electron chi connectivity index (χ4n) is 1.30. The molecule has 18 heavy (non-hydrogen) atoms. The van der Waals surface area contributed by atoms with E-state index in [4.69, 9.17) is 16.7 Å². The van der Waals surface area contributed by atoms with Gasteiger partial charge in [0.25, 0.3) is 6.43 Å². The molecular weight excluding hydrogens is 285 g/mol. The van der Waals surface area contributed by atoms with E-state index >= 15 is 0 Å². The van der Waals surface area contributed by atoms with Crippen LogP contribution < -0.4 is 0 Å². The maximum atomic E-state index is 12.6. The minimum atomic E-state index is -5.11. The molecule has 1 N–H and O–H groups in total. The summed E-state index contributed by atoms with van der Waals surface area (Å²) in [5, 5.41) is 8.56. The van der Waals surface area contributed by atoms with E-state index in [9.17, 15) is 26.7 Å². The lowest BCUT2D eigenvalue weighted by molar-refractivity contribution is -0.139. The number of nitrogens with zero attached hydrogens (tertiary/aromatic N) is 1. The molecule has 1 aromatic heterocycles. The Morgan fingerprint density at radius 1 is 1.44 bits per heavy atom. The van der Waals surface area contributed by atoms with Gasteiger partial charge in [-0.2, -0.15) is 13.2 Å². The lowest BCUT2D eigenvalue weighted by atomic mass is 10.1. The van der Waals surface area contributed by atoms with Gasteiger partial charge in [0, 0.05) is 0 Å². The Labute approximate surface area is 102 Å². The monoisotopic (exact) mass is 289 g/mol.